The highest BCUT2D eigenvalue weighted by molar-refractivity contribution is 6.14. The van der Waals surface area contributed by atoms with Crippen molar-refractivity contribution in [1.29, 1.82) is 0 Å². The minimum absolute atomic E-state index is 0.0460. The highest BCUT2D eigenvalue weighted by Crippen LogP contribution is 2.16. The fraction of sp³-hybridized carbons (Fsp3) is 0.333. The Kier molecular flexibility index (Phi) is 11.7. The van der Waals surface area contributed by atoms with E-state index >= 15 is 0 Å². The number of hydrogen-bond donors (Lipinski definition) is 1. The highest BCUT2D eigenvalue weighted by Gasteiger charge is 2.18. The minimum Gasteiger partial charge on any atom is -0.462 e. The molecule has 0 atom stereocenters. The number of ketones is 1. The number of unbranched alkanes of at least 4 members (excludes halogenated alkanes) is 3. The first kappa shape index (κ1) is 27.3. The quantitative estimate of drug-likeness (QED) is 0.139. The summed E-state index contributed by atoms with van der Waals surface area (Å²) in [5.74, 6) is -1.26. The number of amides is 1. The molecule has 0 saturated carbocycles. The molecule has 2 aromatic rings. The maximum Gasteiger partial charge on any atom is 0.407 e. The van der Waals surface area contributed by atoms with Gasteiger partial charge in [0.2, 0.25) is 0 Å². The molecule has 1 amide bonds. The maximum atomic E-state index is 12.8. The molecular formula is C27H31NO7. The SMILES string of the molecule is C=C(C)C(=O)OCCNC(=O)OCCCCCCOC(=O)c1ccccc1C(=O)c1ccccc1. The van der Waals surface area contributed by atoms with E-state index in [1.165, 1.54) is 0 Å². The number of esters is 2. The fourth-order valence-corrected chi connectivity index (χ4v) is 3.04. The van der Waals surface area contributed by atoms with Crippen LogP contribution in [0.15, 0.2) is 66.7 Å². The van der Waals surface area contributed by atoms with Crippen LogP contribution in [0.25, 0.3) is 0 Å². The summed E-state index contributed by atoms with van der Waals surface area (Å²) < 4.78 is 15.3. The average molecular weight is 482 g/mol. The Morgan fingerprint density at radius 3 is 2.00 bits per heavy atom. The lowest BCUT2D eigenvalue weighted by Crippen LogP contribution is -2.29. The summed E-state index contributed by atoms with van der Waals surface area (Å²) in [6, 6.07) is 15.4. The molecule has 0 aliphatic carbocycles. The summed E-state index contributed by atoms with van der Waals surface area (Å²) in [7, 11) is 0. The van der Waals surface area contributed by atoms with Gasteiger partial charge in [0.1, 0.15) is 6.61 Å². The Morgan fingerprint density at radius 2 is 1.34 bits per heavy atom. The maximum absolute atomic E-state index is 12.8. The van der Waals surface area contributed by atoms with Crippen molar-refractivity contribution in [3.05, 3.63) is 83.4 Å². The molecule has 1 N–H and O–H groups in total. The number of carbonyl (C=O) groups is 4. The third kappa shape index (κ3) is 9.83. The van der Waals surface area contributed by atoms with Crippen molar-refractivity contribution in [2.45, 2.75) is 32.6 Å². The number of carbonyl (C=O) groups excluding carboxylic acids is 4. The van der Waals surface area contributed by atoms with Gasteiger partial charge in [-0.25, -0.2) is 14.4 Å². The number of hydrogen-bond acceptors (Lipinski definition) is 7. The molecule has 0 radical (unpaired) electrons. The Hall–Kier alpha value is -3.94. The van der Waals surface area contributed by atoms with Crippen LogP contribution in [0.4, 0.5) is 4.79 Å². The van der Waals surface area contributed by atoms with E-state index < -0.39 is 18.0 Å². The van der Waals surface area contributed by atoms with E-state index in [0.717, 1.165) is 12.8 Å². The largest absolute Gasteiger partial charge is 0.462 e. The molecule has 0 bridgehead atoms. The van der Waals surface area contributed by atoms with Gasteiger partial charge in [-0.15, -0.1) is 0 Å². The summed E-state index contributed by atoms with van der Waals surface area (Å²) in [6.07, 6.45) is 2.33. The van der Waals surface area contributed by atoms with Gasteiger partial charge in [0.15, 0.2) is 5.78 Å². The third-order valence-corrected chi connectivity index (χ3v) is 4.89. The smallest absolute Gasteiger partial charge is 0.407 e. The number of ether oxygens (including phenoxy) is 3. The minimum atomic E-state index is -0.575. The third-order valence-electron chi connectivity index (χ3n) is 4.89. The van der Waals surface area contributed by atoms with Gasteiger partial charge in [-0.2, -0.15) is 0 Å². The number of alkyl carbamates (subject to hydrolysis) is 1. The first-order valence-corrected chi connectivity index (χ1v) is 11.5. The van der Waals surface area contributed by atoms with Crippen molar-refractivity contribution >= 4 is 23.8 Å². The predicted octanol–water partition coefficient (Wildman–Crippen LogP) is 4.48. The van der Waals surface area contributed by atoms with Crippen molar-refractivity contribution < 1.29 is 33.4 Å². The monoisotopic (exact) mass is 481 g/mol. The average Bonchev–Trinajstić information content (AvgIpc) is 2.87. The van der Waals surface area contributed by atoms with E-state index in [4.69, 9.17) is 14.2 Å². The van der Waals surface area contributed by atoms with Crippen LogP contribution in [0.3, 0.4) is 0 Å². The lowest BCUT2D eigenvalue weighted by Gasteiger charge is -2.09. The van der Waals surface area contributed by atoms with Crippen molar-refractivity contribution in [3.63, 3.8) is 0 Å². The zero-order valence-electron chi connectivity index (χ0n) is 19.9. The van der Waals surface area contributed by atoms with E-state index in [9.17, 15) is 19.2 Å². The van der Waals surface area contributed by atoms with Gasteiger partial charge in [0.25, 0.3) is 0 Å². The van der Waals surface area contributed by atoms with Crippen molar-refractivity contribution in [1.82, 2.24) is 5.32 Å². The summed E-state index contributed by atoms with van der Waals surface area (Å²) in [6.45, 7) is 5.70. The Bertz CT molecular complexity index is 1020. The van der Waals surface area contributed by atoms with E-state index in [0.29, 0.717) is 29.5 Å². The molecular weight excluding hydrogens is 450 g/mol. The molecule has 0 saturated heterocycles. The highest BCUT2D eigenvalue weighted by atomic mass is 16.6. The van der Waals surface area contributed by atoms with Crippen molar-refractivity contribution in [2.75, 3.05) is 26.4 Å². The van der Waals surface area contributed by atoms with Crippen LogP contribution >= 0.6 is 0 Å². The predicted molar refractivity (Wildman–Crippen MR) is 130 cm³/mol. The van der Waals surface area contributed by atoms with Crippen LogP contribution in [0.5, 0.6) is 0 Å². The molecule has 2 aromatic carbocycles. The molecule has 0 aliphatic heterocycles. The lowest BCUT2D eigenvalue weighted by molar-refractivity contribution is -0.138. The molecule has 0 aromatic heterocycles. The summed E-state index contributed by atoms with van der Waals surface area (Å²) in [5.41, 5.74) is 1.36. The Labute approximate surface area is 205 Å². The zero-order chi connectivity index (χ0) is 25.5. The van der Waals surface area contributed by atoms with Crippen LogP contribution < -0.4 is 5.32 Å². The number of benzene rings is 2. The van der Waals surface area contributed by atoms with Gasteiger partial charge in [-0.1, -0.05) is 55.1 Å². The molecule has 0 fully saturated rings. The van der Waals surface area contributed by atoms with Crippen LogP contribution in [0.2, 0.25) is 0 Å². The standard InChI is InChI=1S/C27H31NO7/c1-20(2)25(30)34-19-16-28-27(32)35-18-11-4-3-10-17-33-26(31)23-15-9-8-14-22(23)24(29)21-12-6-5-7-13-21/h5-9,12-15H,1,3-4,10-11,16-19H2,2H3,(H,28,32). The molecule has 8 heteroatoms. The van der Waals surface area contributed by atoms with E-state index in [1.54, 1.807) is 55.5 Å². The zero-order valence-corrected chi connectivity index (χ0v) is 19.9. The van der Waals surface area contributed by atoms with Gasteiger partial charge in [-0.3, -0.25) is 4.79 Å². The molecule has 35 heavy (non-hydrogen) atoms. The number of rotatable bonds is 14. The fourth-order valence-electron chi connectivity index (χ4n) is 3.04. The van der Waals surface area contributed by atoms with Crippen LogP contribution in [-0.2, 0) is 19.0 Å². The first-order chi connectivity index (χ1) is 16.9. The van der Waals surface area contributed by atoms with Gasteiger partial charge < -0.3 is 19.5 Å². The molecule has 186 valence electrons. The molecule has 0 unspecified atom stereocenters. The van der Waals surface area contributed by atoms with Gasteiger partial charge in [-0.05, 0) is 38.7 Å². The molecule has 0 spiro atoms. The normalized spacial score (nSPS) is 10.2. The topological polar surface area (TPSA) is 108 Å². The molecule has 0 heterocycles. The van der Waals surface area contributed by atoms with Crippen molar-refractivity contribution in [2.24, 2.45) is 0 Å². The van der Waals surface area contributed by atoms with Crippen molar-refractivity contribution in [3.8, 4) is 0 Å². The van der Waals surface area contributed by atoms with Crippen LogP contribution in [0.1, 0.15) is 58.9 Å². The molecule has 2 rings (SSSR count). The molecule has 8 nitrogen and oxygen atoms in total. The van der Waals surface area contributed by atoms with Gasteiger partial charge in [0.05, 0.1) is 25.3 Å². The lowest BCUT2D eigenvalue weighted by atomic mass is 9.98. The summed E-state index contributed by atoms with van der Waals surface area (Å²) >= 11 is 0. The van der Waals surface area contributed by atoms with Crippen LogP contribution in [-0.4, -0.2) is 50.2 Å². The summed E-state index contributed by atoms with van der Waals surface area (Å²) in [5, 5.41) is 2.49. The first-order valence-electron chi connectivity index (χ1n) is 11.5. The number of nitrogens with one attached hydrogen (secondary N) is 1. The Morgan fingerprint density at radius 1 is 0.743 bits per heavy atom. The van der Waals surface area contributed by atoms with Gasteiger partial charge in [0, 0.05) is 16.7 Å². The van der Waals surface area contributed by atoms with Gasteiger partial charge >= 0.3 is 18.0 Å². The van der Waals surface area contributed by atoms with Crippen LogP contribution in [0, 0.1) is 0 Å². The second kappa shape index (κ2) is 15.1. The van der Waals surface area contributed by atoms with E-state index in [2.05, 4.69) is 11.9 Å². The van der Waals surface area contributed by atoms with E-state index in [1.807, 2.05) is 6.07 Å². The second-order valence-corrected chi connectivity index (χ2v) is 7.77. The second-order valence-electron chi connectivity index (χ2n) is 7.77. The summed E-state index contributed by atoms with van der Waals surface area (Å²) in [4.78, 5) is 48.0. The van der Waals surface area contributed by atoms with E-state index in [-0.39, 0.29) is 37.7 Å². The molecule has 0 aliphatic rings. The Balaban J connectivity index is 1.59.